The Balaban J connectivity index is 2.81. The van der Waals surface area contributed by atoms with E-state index in [1.807, 2.05) is 0 Å². The third-order valence-electron chi connectivity index (χ3n) is 3.18. The van der Waals surface area contributed by atoms with Crippen molar-refractivity contribution in [2.24, 2.45) is 11.8 Å². The third kappa shape index (κ3) is 5.73. The molecule has 1 saturated heterocycles. The van der Waals surface area contributed by atoms with E-state index in [0.29, 0.717) is 0 Å². The van der Waals surface area contributed by atoms with Crippen LogP contribution in [0, 0.1) is 11.8 Å². The molecule has 128 valence electrons. The van der Waals surface area contributed by atoms with Gasteiger partial charge in [-0.3, -0.25) is 4.79 Å². The number of hydrogen-bond donors (Lipinski definition) is 0. The van der Waals surface area contributed by atoms with E-state index >= 15 is 0 Å². The van der Waals surface area contributed by atoms with Crippen LogP contribution in [-0.4, -0.2) is 48.4 Å². The average Bonchev–Trinajstić information content (AvgIpc) is 2.68. The summed E-state index contributed by atoms with van der Waals surface area (Å²) < 4.78 is 47.9. The fraction of sp³-hybridized carbons (Fsp3) is 0.857. The van der Waals surface area contributed by atoms with Crippen molar-refractivity contribution < 1.29 is 32.2 Å². The van der Waals surface area contributed by atoms with E-state index in [0.717, 1.165) is 4.90 Å². The number of amides is 1. The van der Waals surface area contributed by atoms with Gasteiger partial charge in [0.15, 0.2) is 0 Å². The number of ether oxygens (including phenoxy) is 2. The molecule has 0 bridgehead atoms. The highest BCUT2D eigenvalue weighted by atomic mass is 19.4. The van der Waals surface area contributed by atoms with Crippen molar-refractivity contribution in [3.8, 4) is 0 Å². The average molecular weight is 325 g/mol. The van der Waals surface area contributed by atoms with Gasteiger partial charge in [0.2, 0.25) is 0 Å². The van der Waals surface area contributed by atoms with Gasteiger partial charge >= 0.3 is 18.2 Å². The van der Waals surface area contributed by atoms with Gasteiger partial charge in [-0.25, -0.2) is 4.79 Å². The van der Waals surface area contributed by atoms with Gasteiger partial charge in [-0.05, 0) is 27.7 Å². The minimum Gasteiger partial charge on any atom is -0.466 e. The molecule has 1 aliphatic heterocycles. The first-order valence-corrected chi connectivity index (χ1v) is 7.14. The molecule has 0 spiro atoms. The molecular weight excluding hydrogens is 303 g/mol. The minimum absolute atomic E-state index is 0.0838. The smallest absolute Gasteiger partial charge is 0.410 e. The first-order valence-electron chi connectivity index (χ1n) is 7.14. The highest BCUT2D eigenvalue weighted by Crippen LogP contribution is 2.35. The molecule has 8 heteroatoms. The maximum Gasteiger partial charge on any atom is 0.410 e. The second-order valence-corrected chi connectivity index (χ2v) is 6.32. The molecule has 2 atom stereocenters. The second kappa shape index (κ2) is 6.75. The van der Waals surface area contributed by atoms with Crippen LogP contribution >= 0.6 is 0 Å². The number of rotatable bonds is 3. The van der Waals surface area contributed by atoms with E-state index < -0.39 is 42.1 Å². The first kappa shape index (κ1) is 18.6. The number of carbonyl (C=O) groups is 2. The Labute approximate surface area is 127 Å². The van der Waals surface area contributed by atoms with Crippen molar-refractivity contribution in [3.05, 3.63) is 0 Å². The van der Waals surface area contributed by atoms with Gasteiger partial charge in [-0.2, -0.15) is 13.2 Å². The number of carbonyl (C=O) groups excluding carboxylic acids is 2. The van der Waals surface area contributed by atoms with Crippen molar-refractivity contribution in [3.63, 3.8) is 0 Å². The van der Waals surface area contributed by atoms with Crippen LogP contribution in [0.5, 0.6) is 0 Å². The molecule has 0 N–H and O–H groups in total. The summed E-state index contributed by atoms with van der Waals surface area (Å²) in [4.78, 5) is 24.9. The fourth-order valence-electron chi connectivity index (χ4n) is 2.37. The Hall–Kier alpha value is -1.47. The van der Waals surface area contributed by atoms with Gasteiger partial charge in [0, 0.05) is 25.4 Å². The summed E-state index contributed by atoms with van der Waals surface area (Å²) in [6, 6.07) is 0. The van der Waals surface area contributed by atoms with Crippen molar-refractivity contribution in [2.75, 3.05) is 19.7 Å². The molecule has 0 radical (unpaired) electrons. The Morgan fingerprint density at radius 1 is 1.18 bits per heavy atom. The van der Waals surface area contributed by atoms with Gasteiger partial charge in [-0.1, -0.05) is 0 Å². The Morgan fingerprint density at radius 3 is 2.23 bits per heavy atom. The minimum atomic E-state index is -4.40. The van der Waals surface area contributed by atoms with E-state index in [4.69, 9.17) is 9.47 Å². The Morgan fingerprint density at radius 2 is 1.77 bits per heavy atom. The molecule has 1 aliphatic rings. The van der Waals surface area contributed by atoms with Crippen molar-refractivity contribution in [2.45, 2.75) is 45.9 Å². The SMILES string of the molecule is CCOC(=O)C1CN(C(=O)OC(C)(C)C)C[C@H]1CC(F)(F)F. The lowest BCUT2D eigenvalue weighted by atomic mass is 9.93. The first-order chi connectivity index (χ1) is 9.93. The molecule has 1 heterocycles. The summed E-state index contributed by atoms with van der Waals surface area (Å²) in [5.74, 6) is -2.69. The highest BCUT2D eigenvalue weighted by molar-refractivity contribution is 5.76. The number of alkyl halides is 3. The topological polar surface area (TPSA) is 55.8 Å². The molecule has 1 amide bonds. The molecule has 0 aliphatic carbocycles. The molecular formula is C14H22F3NO4. The molecule has 1 rings (SSSR count). The second-order valence-electron chi connectivity index (χ2n) is 6.32. The maximum atomic E-state index is 12.6. The largest absolute Gasteiger partial charge is 0.466 e. The number of halogens is 3. The van der Waals surface area contributed by atoms with Gasteiger partial charge < -0.3 is 14.4 Å². The summed E-state index contributed by atoms with van der Waals surface area (Å²) in [7, 11) is 0. The Bertz CT molecular complexity index is 417. The van der Waals surface area contributed by atoms with Gasteiger partial charge in [0.25, 0.3) is 0 Å². The molecule has 22 heavy (non-hydrogen) atoms. The van der Waals surface area contributed by atoms with E-state index in [9.17, 15) is 22.8 Å². The maximum absolute atomic E-state index is 12.6. The highest BCUT2D eigenvalue weighted by Gasteiger charge is 2.46. The lowest BCUT2D eigenvalue weighted by Gasteiger charge is -2.24. The van der Waals surface area contributed by atoms with Crippen LogP contribution in [0.4, 0.5) is 18.0 Å². The van der Waals surface area contributed by atoms with Crippen LogP contribution in [0.2, 0.25) is 0 Å². The fourth-order valence-corrected chi connectivity index (χ4v) is 2.37. The zero-order valence-corrected chi connectivity index (χ0v) is 13.2. The predicted octanol–water partition coefficient (Wildman–Crippen LogP) is 2.99. The van der Waals surface area contributed by atoms with Crippen molar-refractivity contribution in [1.29, 1.82) is 0 Å². The lowest BCUT2D eigenvalue weighted by molar-refractivity contribution is -0.158. The normalized spacial score (nSPS) is 22.6. The molecule has 0 aromatic carbocycles. The van der Waals surface area contributed by atoms with E-state index in [2.05, 4.69) is 0 Å². The third-order valence-corrected chi connectivity index (χ3v) is 3.18. The monoisotopic (exact) mass is 325 g/mol. The summed E-state index contributed by atoms with van der Waals surface area (Å²) in [6.45, 7) is 6.37. The van der Waals surface area contributed by atoms with Crippen LogP contribution in [0.15, 0.2) is 0 Å². The molecule has 5 nitrogen and oxygen atoms in total. The molecule has 0 saturated carbocycles. The molecule has 1 unspecified atom stereocenters. The summed E-state index contributed by atoms with van der Waals surface area (Å²) >= 11 is 0. The zero-order valence-electron chi connectivity index (χ0n) is 13.2. The summed E-state index contributed by atoms with van der Waals surface area (Å²) in [5.41, 5.74) is -0.751. The zero-order chi connectivity index (χ0) is 17.1. The molecule has 1 fully saturated rings. The van der Waals surface area contributed by atoms with Crippen LogP contribution in [0.1, 0.15) is 34.1 Å². The van der Waals surface area contributed by atoms with Crippen molar-refractivity contribution >= 4 is 12.1 Å². The quantitative estimate of drug-likeness (QED) is 0.749. The number of hydrogen-bond acceptors (Lipinski definition) is 4. The van der Waals surface area contributed by atoms with Crippen LogP contribution in [0.3, 0.4) is 0 Å². The summed E-state index contributed by atoms with van der Waals surface area (Å²) in [6.07, 6.45) is -6.25. The van der Waals surface area contributed by atoms with Crippen molar-refractivity contribution in [1.82, 2.24) is 4.90 Å². The van der Waals surface area contributed by atoms with Gasteiger partial charge in [0.05, 0.1) is 12.5 Å². The standard InChI is InChI=1S/C14H22F3NO4/c1-5-21-11(19)10-8-18(12(20)22-13(2,3)4)7-9(10)6-14(15,16)17/h9-10H,5-8H2,1-4H3/t9-,10?/m1/s1. The number of nitrogens with zero attached hydrogens (tertiary/aromatic N) is 1. The van der Waals surface area contributed by atoms with E-state index in [1.54, 1.807) is 27.7 Å². The van der Waals surface area contributed by atoms with Gasteiger partial charge in [-0.15, -0.1) is 0 Å². The van der Waals surface area contributed by atoms with E-state index in [1.165, 1.54) is 0 Å². The van der Waals surface area contributed by atoms with Crippen LogP contribution in [0.25, 0.3) is 0 Å². The lowest BCUT2D eigenvalue weighted by Crippen LogP contribution is -2.36. The predicted molar refractivity (Wildman–Crippen MR) is 72.1 cm³/mol. The van der Waals surface area contributed by atoms with Crippen LogP contribution in [-0.2, 0) is 14.3 Å². The van der Waals surface area contributed by atoms with Crippen LogP contribution < -0.4 is 0 Å². The number of likely N-dealkylation sites (tertiary alicyclic amines) is 1. The van der Waals surface area contributed by atoms with E-state index in [-0.39, 0.29) is 19.7 Å². The molecule has 0 aromatic rings. The number of esters is 1. The van der Waals surface area contributed by atoms with Gasteiger partial charge in [0.1, 0.15) is 5.60 Å². The molecule has 0 aromatic heterocycles. The summed E-state index contributed by atoms with van der Waals surface area (Å²) in [5, 5.41) is 0. The Kier molecular flexibility index (Phi) is 5.70.